The van der Waals surface area contributed by atoms with Gasteiger partial charge in [0.25, 0.3) is 11.6 Å². The van der Waals surface area contributed by atoms with Crippen LogP contribution in [0.5, 0.6) is 0 Å². The predicted molar refractivity (Wildman–Crippen MR) is 126 cm³/mol. The number of nitrogens with zero attached hydrogens (tertiary/aromatic N) is 3. The first-order chi connectivity index (χ1) is 16.7. The molecule has 3 aromatic rings. The first-order valence-corrected chi connectivity index (χ1v) is 10.9. The van der Waals surface area contributed by atoms with Crippen molar-refractivity contribution in [2.24, 2.45) is 0 Å². The lowest BCUT2D eigenvalue weighted by molar-refractivity contribution is -0.385. The van der Waals surface area contributed by atoms with Crippen LogP contribution in [0.4, 0.5) is 30.6 Å². The van der Waals surface area contributed by atoms with Crippen molar-refractivity contribution < 1.29 is 23.3 Å². The van der Waals surface area contributed by atoms with Crippen molar-refractivity contribution in [3.63, 3.8) is 0 Å². The maximum atomic E-state index is 13.6. The SMILES string of the molecule is Cc1ccc(C(=O)Nc2ccccc2N2CCCN(Cc3cc(F)cc(F)c3)C2=O)cc1[N+](=O)[O-]. The van der Waals surface area contributed by atoms with E-state index in [2.05, 4.69) is 5.32 Å². The number of carbonyl (C=O) groups is 2. The van der Waals surface area contributed by atoms with Crippen LogP contribution < -0.4 is 10.2 Å². The molecule has 0 spiro atoms. The number of nitrogens with one attached hydrogen (secondary N) is 1. The smallest absolute Gasteiger partial charge is 0.320 e. The van der Waals surface area contributed by atoms with Gasteiger partial charge in [0.05, 0.1) is 16.3 Å². The molecule has 0 bridgehead atoms. The fraction of sp³-hybridized carbons (Fsp3) is 0.200. The Labute approximate surface area is 199 Å². The van der Waals surface area contributed by atoms with E-state index in [1.165, 1.54) is 40.1 Å². The second-order valence-electron chi connectivity index (χ2n) is 8.22. The number of benzene rings is 3. The molecule has 0 unspecified atom stereocenters. The van der Waals surface area contributed by atoms with Crippen molar-refractivity contribution in [2.75, 3.05) is 23.3 Å². The van der Waals surface area contributed by atoms with Gasteiger partial charge in [-0.2, -0.15) is 0 Å². The van der Waals surface area contributed by atoms with E-state index >= 15 is 0 Å². The lowest BCUT2D eigenvalue weighted by Gasteiger charge is -2.36. The number of nitro groups is 1. The Hall–Kier alpha value is -4.34. The minimum Gasteiger partial charge on any atom is -0.320 e. The van der Waals surface area contributed by atoms with Crippen LogP contribution >= 0.6 is 0 Å². The summed E-state index contributed by atoms with van der Waals surface area (Å²) in [6, 6.07) is 13.7. The van der Waals surface area contributed by atoms with E-state index in [4.69, 9.17) is 0 Å². The van der Waals surface area contributed by atoms with Crippen molar-refractivity contribution in [1.29, 1.82) is 0 Å². The molecular formula is C25H22F2N4O4. The van der Waals surface area contributed by atoms with Crippen LogP contribution in [0.2, 0.25) is 0 Å². The number of urea groups is 1. The third kappa shape index (κ3) is 5.26. The molecule has 0 atom stereocenters. The Bertz CT molecular complexity index is 1290. The van der Waals surface area contributed by atoms with Gasteiger partial charge < -0.3 is 10.2 Å². The van der Waals surface area contributed by atoms with Gasteiger partial charge in [-0.3, -0.25) is 19.8 Å². The third-order valence-electron chi connectivity index (χ3n) is 5.72. The minimum absolute atomic E-state index is 0.0333. The van der Waals surface area contributed by atoms with E-state index in [1.807, 2.05) is 0 Å². The van der Waals surface area contributed by atoms with Gasteiger partial charge in [0.2, 0.25) is 0 Å². The third-order valence-corrected chi connectivity index (χ3v) is 5.72. The van der Waals surface area contributed by atoms with E-state index in [9.17, 15) is 28.5 Å². The number of halogens is 2. The molecule has 0 aliphatic carbocycles. The summed E-state index contributed by atoms with van der Waals surface area (Å²) in [5.41, 5.74) is 1.51. The quantitative estimate of drug-likeness (QED) is 0.384. The Kier molecular flexibility index (Phi) is 6.72. The lowest BCUT2D eigenvalue weighted by Crippen LogP contribution is -2.49. The molecular weight excluding hydrogens is 458 g/mol. The number of carbonyl (C=O) groups excluding carboxylic acids is 2. The van der Waals surface area contributed by atoms with Gasteiger partial charge in [0.15, 0.2) is 0 Å². The van der Waals surface area contributed by atoms with Gasteiger partial charge in [-0.25, -0.2) is 13.6 Å². The maximum absolute atomic E-state index is 13.6. The first kappa shape index (κ1) is 23.8. The highest BCUT2D eigenvalue weighted by Gasteiger charge is 2.29. The molecule has 180 valence electrons. The van der Waals surface area contributed by atoms with E-state index in [1.54, 1.807) is 31.2 Å². The zero-order valence-corrected chi connectivity index (χ0v) is 18.8. The molecule has 1 N–H and O–H groups in total. The average molecular weight is 480 g/mol. The Balaban J connectivity index is 1.56. The zero-order valence-electron chi connectivity index (χ0n) is 18.8. The fourth-order valence-electron chi connectivity index (χ4n) is 4.03. The van der Waals surface area contributed by atoms with Crippen LogP contribution in [0.1, 0.15) is 27.9 Å². The molecule has 0 saturated carbocycles. The number of hydrogen-bond donors (Lipinski definition) is 1. The Morgan fingerprint density at radius 1 is 1.06 bits per heavy atom. The van der Waals surface area contributed by atoms with Gasteiger partial charge >= 0.3 is 6.03 Å². The van der Waals surface area contributed by atoms with Crippen molar-refractivity contribution >= 4 is 29.0 Å². The van der Waals surface area contributed by atoms with Crippen molar-refractivity contribution in [2.45, 2.75) is 19.9 Å². The summed E-state index contributed by atoms with van der Waals surface area (Å²) in [5, 5.41) is 14.0. The summed E-state index contributed by atoms with van der Waals surface area (Å²) in [6.45, 7) is 2.41. The number of para-hydroxylation sites is 2. The second kappa shape index (κ2) is 9.88. The van der Waals surface area contributed by atoms with Gasteiger partial charge in [-0.05, 0) is 49.2 Å². The maximum Gasteiger partial charge on any atom is 0.324 e. The van der Waals surface area contributed by atoms with Crippen molar-refractivity contribution in [3.8, 4) is 0 Å². The topological polar surface area (TPSA) is 95.8 Å². The van der Waals surface area contributed by atoms with Crippen LogP contribution in [-0.2, 0) is 6.54 Å². The predicted octanol–water partition coefficient (Wildman–Crippen LogP) is 5.27. The molecule has 0 radical (unpaired) electrons. The van der Waals surface area contributed by atoms with E-state index in [0.29, 0.717) is 42.0 Å². The monoisotopic (exact) mass is 480 g/mol. The molecule has 1 aliphatic heterocycles. The fourth-order valence-corrected chi connectivity index (χ4v) is 4.03. The molecule has 10 heteroatoms. The Morgan fingerprint density at radius 2 is 1.77 bits per heavy atom. The highest BCUT2D eigenvalue weighted by Crippen LogP contribution is 2.30. The molecule has 8 nitrogen and oxygen atoms in total. The highest BCUT2D eigenvalue weighted by atomic mass is 19.1. The summed E-state index contributed by atoms with van der Waals surface area (Å²) in [7, 11) is 0. The Morgan fingerprint density at radius 3 is 2.49 bits per heavy atom. The van der Waals surface area contributed by atoms with Crippen LogP contribution in [0.15, 0.2) is 60.7 Å². The van der Waals surface area contributed by atoms with Crippen LogP contribution in [0.25, 0.3) is 0 Å². The molecule has 35 heavy (non-hydrogen) atoms. The average Bonchev–Trinajstić information content (AvgIpc) is 2.80. The minimum atomic E-state index is -0.717. The van der Waals surface area contributed by atoms with Crippen LogP contribution in [-0.4, -0.2) is 34.9 Å². The molecule has 3 amide bonds. The molecule has 1 saturated heterocycles. The summed E-state index contributed by atoms with van der Waals surface area (Å²) in [4.78, 5) is 39.8. The number of nitro benzene ring substituents is 1. The highest BCUT2D eigenvalue weighted by molar-refractivity contribution is 6.08. The summed E-state index contributed by atoms with van der Waals surface area (Å²) in [6.07, 6.45) is 0.607. The largest absolute Gasteiger partial charge is 0.324 e. The van der Waals surface area contributed by atoms with Gasteiger partial charge in [-0.1, -0.05) is 18.2 Å². The molecule has 0 aromatic heterocycles. The lowest BCUT2D eigenvalue weighted by atomic mass is 10.1. The summed E-state index contributed by atoms with van der Waals surface area (Å²) >= 11 is 0. The zero-order chi connectivity index (χ0) is 25.1. The van der Waals surface area contributed by atoms with E-state index < -0.39 is 22.5 Å². The molecule has 1 fully saturated rings. The van der Waals surface area contributed by atoms with Gasteiger partial charge in [-0.15, -0.1) is 0 Å². The number of aryl methyl sites for hydroxylation is 1. The number of amides is 3. The molecule has 1 aliphatic rings. The van der Waals surface area contributed by atoms with E-state index in [-0.39, 0.29) is 23.8 Å². The molecule has 3 aromatic carbocycles. The number of anilines is 2. The van der Waals surface area contributed by atoms with Gasteiger partial charge in [0, 0.05) is 42.9 Å². The summed E-state index contributed by atoms with van der Waals surface area (Å²) in [5.74, 6) is -1.99. The van der Waals surface area contributed by atoms with Crippen molar-refractivity contribution in [3.05, 3.63) is 99.1 Å². The normalized spacial score (nSPS) is 13.6. The second-order valence-corrected chi connectivity index (χ2v) is 8.22. The van der Waals surface area contributed by atoms with Crippen molar-refractivity contribution in [1.82, 2.24) is 4.90 Å². The standard InChI is InChI=1S/C25H22F2N4O4/c1-16-7-8-18(13-23(16)31(34)35)24(32)28-21-5-2-3-6-22(21)30-10-4-9-29(25(30)33)15-17-11-19(26)14-20(27)12-17/h2-3,5-8,11-14H,4,9-10,15H2,1H3,(H,28,32). The first-order valence-electron chi connectivity index (χ1n) is 10.9. The molecule has 4 rings (SSSR count). The number of hydrogen-bond acceptors (Lipinski definition) is 4. The van der Waals surface area contributed by atoms with Gasteiger partial charge in [0.1, 0.15) is 11.6 Å². The number of rotatable bonds is 6. The van der Waals surface area contributed by atoms with Crippen LogP contribution in [0, 0.1) is 28.7 Å². The van der Waals surface area contributed by atoms with Crippen LogP contribution in [0.3, 0.4) is 0 Å². The van der Waals surface area contributed by atoms with E-state index in [0.717, 1.165) is 6.07 Å². The summed E-state index contributed by atoms with van der Waals surface area (Å²) < 4.78 is 27.2. The molecule has 1 heterocycles.